The van der Waals surface area contributed by atoms with Gasteiger partial charge in [0, 0.05) is 47.8 Å². The first-order chi connectivity index (χ1) is 19.3. The van der Waals surface area contributed by atoms with E-state index in [9.17, 15) is 0 Å². The molecule has 0 aliphatic carbocycles. The van der Waals surface area contributed by atoms with E-state index in [1.54, 1.807) is 22.0 Å². The van der Waals surface area contributed by atoms with Crippen LogP contribution < -0.4 is 68.6 Å². The Morgan fingerprint density at radius 1 is 0.556 bits per heavy atom. The molecule has 0 amide bonds. The van der Waals surface area contributed by atoms with E-state index < -0.39 is 0 Å². The molecule has 0 spiro atoms. The number of halogens is 4. The topological polar surface area (TPSA) is 99.3 Å². The van der Waals surface area contributed by atoms with Crippen LogP contribution in [0.25, 0.3) is 0 Å². The molecule has 0 N–H and O–H groups in total. The van der Waals surface area contributed by atoms with Crippen LogP contribution in [-0.2, 0) is 47.7 Å². The summed E-state index contributed by atoms with van der Waals surface area (Å²) in [5, 5.41) is 25.2. The van der Waals surface area contributed by atoms with E-state index in [0.29, 0.717) is 11.9 Å². The van der Waals surface area contributed by atoms with Crippen molar-refractivity contribution in [2.45, 2.75) is 27.7 Å². The summed E-state index contributed by atoms with van der Waals surface area (Å²) in [7, 11) is 7.48. The predicted molar refractivity (Wildman–Crippen MR) is 157 cm³/mol. The second kappa shape index (κ2) is 23.6. The predicted octanol–water partition coefficient (Wildman–Crippen LogP) is -6.97. The number of aryl methyl sites for hydroxylation is 4. The fraction of sp³-hybridized carbons (Fsp3) is 0.429. The van der Waals surface area contributed by atoms with Crippen LogP contribution >= 0.6 is 0 Å². The molecule has 244 valence electrons. The number of azo groups is 2. The normalized spacial score (nSPS) is 9.96. The molecule has 17 heteroatoms. The number of hydrogen-bond acceptors (Lipinski definition) is 8. The number of benzene rings is 2. The Morgan fingerprint density at radius 2 is 0.844 bits per heavy atom. The van der Waals surface area contributed by atoms with Gasteiger partial charge in [0.15, 0.2) is 0 Å². The van der Waals surface area contributed by atoms with Crippen LogP contribution in [0.3, 0.4) is 0 Å². The average molecular weight is 754 g/mol. The number of hydrogen-bond donors (Lipinski definition) is 0. The van der Waals surface area contributed by atoms with Gasteiger partial charge in [0.05, 0.1) is 39.6 Å². The Hall–Kier alpha value is -2.70. The first-order valence-electron chi connectivity index (χ1n) is 13.6. The zero-order valence-corrected chi connectivity index (χ0v) is 33.2. The van der Waals surface area contributed by atoms with Crippen molar-refractivity contribution in [3.63, 3.8) is 0 Å². The summed E-state index contributed by atoms with van der Waals surface area (Å²) in [6, 6.07) is 16.2. The van der Waals surface area contributed by atoms with Gasteiger partial charge in [-0.1, -0.05) is 10.2 Å². The second-order valence-corrected chi connectivity index (χ2v) is 9.11. The van der Waals surface area contributed by atoms with Gasteiger partial charge in [0.25, 0.3) is 0 Å². The van der Waals surface area contributed by atoms with Crippen LogP contribution in [-0.4, -0.2) is 45.7 Å². The molecule has 0 bridgehead atoms. The Balaban J connectivity index is -0.000000706. The van der Waals surface area contributed by atoms with Crippen molar-refractivity contribution in [1.29, 1.82) is 0 Å². The van der Waals surface area contributed by atoms with Crippen molar-refractivity contribution in [2.24, 2.45) is 48.6 Å². The minimum atomic E-state index is 0. The smallest absolute Gasteiger partial charge is 1.00 e. The first kappa shape index (κ1) is 46.7. The standard InChI is InChI=1S/2C14H21N6.4ClH.Zn/c2*1-5-20(6-2)13-9-7-12(8-10-13)16-17-14-18(3)11-15-19(14)4;;;;;/h2*7-11H,5-6H2,1-4H3;4*1H;/q2*+1;;;;;+2/p-4. The molecule has 0 radical (unpaired) electrons. The second-order valence-electron chi connectivity index (χ2n) is 9.11. The Labute approximate surface area is 304 Å². The van der Waals surface area contributed by atoms with Gasteiger partial charge in [0.2, 0.25) is 12.7 Å². The van der Waals surface area contributed by atoms with Gasteiger partial charge < -0.3 is 59.4 Å². The van der Waals surface area contributed by atoms with Gasteiger partial charge in [-0.25, -0.2) is 9.13 Å². The molecule has 0 aliphatic heterocycles. The SMILES string of the molecule is CCN(CC)c1ccc(N=Nc2n(C)nc[n+]2C)cc1.CCN(CC)c1ccc(N=Nc2n(C)nc[n+]2C)cc1.[Cl-].[Cl-].[Cl-].[Cl-].[Zn+2]. The molecule has 2 aromatic carbocycles. The van der Waals surface area contributed by atoms with Gasteiger partial charge in [-0.15, -0.1) is 9.36 Å². The Kier molecular flexibility index (Phi) is 24.5. The molecular formula is C28H42Cl4N12Zn. The van der Waals surface area contributed by atoms with Crippen LogP contribution in [0.15, 0.2) is 81.6 Å². The minimum Gasteiger partial charge on any atom is -1.00 e. The van der Waals surface area contributed by atoms with Gasteiger partial charge in [-0.2, -0.15) is 0 Å². The average Bonchev–Trinajstić information content (AvgIpc) is 3.47. The van der Waals surface area contributed by atoms with Crippen LogP contribution in [0.4, 0.5) is 34.6 Å². The quantitative estimate of drug-likeness (QED) is 0.0915. The van der Waals surface area contributed by atoms with Gasteiger partial charge in [0.1, 0.15) is 0 Å². The Morgan fingerprint density at radius 3 is 1.07 bits per heavy atom. The van der Waals surface area contributed by atoms with Crippen molar-refractivity contribution in [1.82, 2.24) is 19.6 Å². The minimum absolute atomic E-state index is 0. The zero-order valence-electron chi connectivity index (χ0n) is 27.2. The maximum Gasteiger partial charge on any atom is 2.00 e. The van der Waals surface area contributed by atoms with E-state index in [1.807, 2.05) is 61.6 Å². The molecule has 0 unspecified atom stereocenters. The van der Waals surface area contributed by atoms with Crippen LogP contribution in [0.2, 0.25) is 0 Å². The van der Waals surface area contributed by atoms with E-state index in [0.717, 1.165) is 37.6 Å². The molecule has 0 fully saturated rings. The van der Waals surface area contributed by atoms with Crippen molar-refractivity contribution < 1.29 is 78.2 Å². The molecule has 2 heterocycles. The van der Waals surface area contributed by atoms with Crippen molar-refractivity contribution in [2.75, 3.05) is 36.0 Å². The van der Waals surface area contributed by atoms with Crippen LogP contribution in [0, 0.1) is 0 Å². The number of rotatable bonds is 10. The molecule has 0 saturated heterocycles. The molecule has 45 heavy (non-hydrogen) atoms. The summed E-state index contributed by atoms with van der Waals surface area (Å²) in [5.74, 6) is 1.41. The number of aromatic nitrogens is 6. The van der Waals surface area contributed by atoms with Crippen molar-refractivity contribution >= 4 is 34.6 Å². The third-order valence-corrected chi connectivity index (χ3v) is 6.47. The molecule has 0 aliphatic rings. The maximum atomic E-state index is 4.25. The van der Waals surface area contributed by atoms with Gasteiger partial charge >= 0.3 is 31.4 Å². The summed E-state index contributed by atoms with van der Waals surface area (Å²) in [4.78, 5) is 4.59. The fourth-order valence-electron chi connectivity index (χ4n) is 4.09. The van der Waals surface area contributed by atoms with Crippen LogP contribution in [0.1, 0.15) is 27.7 Å². The monoisotopic (exact) mass is 750 g/mol. The molecule has 2 aromatic heterocycles. The molecule has 4 rings (SSSR count). The van der Waals surface area contributed by atoms with E-state index in [1.165, 1.54) is 11.4 Å². The molecule has 0 saturated carbocycles. The third-order valence-electron chi connectivity index (χ3n) is 6.47. The van der Waals surface area contributed by atoms with Crippen molar-refractivity contribution in [3.8, 4) is 0 Å². The number of anilines is 2. The summed E-state index contributed by atoms with van der Waals surface area (Å²) < 4.78 is 7.03. The third kappa shape index (κ3) is 13.3. The fourth-order valence-corrected chi connectivity index (χ4v) is 4.09. The molecular weight excluding hydrogens is 712 g/mol. The van der Waals surface area contributed by atoms with Gasteiger partial charge in [-0.3, -0.25) is 0 Å². The summed E-state index contributed by atoms with van der Waals surface area (Å²) >= 11 is 0. The zero-order chi connectivity index (χ0) is 29.1. The molecule has 0 atom stereocenters. The summed E-state index contributed by atoms with van der Waals surface area (Å²) in [6.07, 6.45) is 3.41. The Bertz CT molecular complexity index is 1260. The van der Waals surface area contributed by atoms with E-state index in [2.05, 4.69) is 92.4 Å². The van der Waals surface area contributed by atoms with E-state index in [4.69, 9.17) is 0 Å². The summed E-state index contributed by atoms with van der Waals surface area (Å²) in [5.41, 5.74) is 4.09. The largest absolute Gasteiger partial charge is 2.00 e. The number of nitrogens with zero attached hydrogens (tertiary/aromatic N) is 12. The first-order valence-corrected chi connectivity index (χ1v) is 13.6. The van der Waals surface area contributed by atoms with E-state index >= 15 is 0 Å². The molecule has 12 nitrogen and oxygen atoms in total. The maximum absolute atomic E-state index is 4.25. The summed E-state index contributed by atoms with van der Waals surface area (Å²) in [6.45, 7) is 12.6. The van der Waals surface area contributed by atoms with Gasteiger partial charge in [-0.05, 0) is 86.4 Å². The molecule has 4 aromatic rings. The van der Waals surface area contributed by atoms with Crippen LogP contribution in [0.5, 0.6) is 0 Å². The van der Waals surface area contributed by atoms with E-state index in [-0.39, 0.29) is 69.1 Å². The van der Waals surface area contributed by atoms with Crippen molar-refractivity contribution in [3.05, 3.63) is 61.2 Å².